The maximum Gasteiger partial charge on any atom is 0.258 e. The van der Waals surface area contributed by atoms with E-state index in [1.165, 1.54) is 0 Å². The van der Waals surface area contributed by atoms with Crippen LogP contribution in [0.5, 0.6) is 5.75 Å². The van der Waals surface area contributed by atoms with Crippen molar-refractivity contribution in [3.05, 3.63) is 48.2 Å². The summed E-state index contributed by atoms with van der Waals surface area (Å²) in [5.74, 6) is 1.42. The van der Waals surface area contributed by atoms with Crippen molar-refractivity contribution in [3.63, 3.8) is 0 Å². The van der Waals surface area contributed by atoms with Gasteiger partial charge in [-0.2, -0.15) is 0 Å². The number of ether oxygens (including phenoxy) is 1. The van der Waals surface area contributed by atoms with Crippen molar-refractivity contribution in [1.29, 1.82) is 0 Å². The van der Waals surface area contributed by atoms with E-state index >= 15 is 0 Å². The molecule has 0 radical (unpaired) electrons. The second-order valence-electron chi connectivity index (χ2n) is 6.91. The molecule has 0 aliphatic carbocycles. The highest BCUT2D eigenvalue weighted by Crippen LogP contribution is 2.25. The van der Waals surface area contributed by atoms with Crippen LogP contribution in [0.1, 0.15) is 32.3 Å². The number of carbonyl (C=O) groups is 2. The van der Waals surface area contributed by atoms with Crippen molar-refractivity contribution in [3.8, 4) is 5.75 Å². The van der Waals surface area contributed by atoms with Gasteiger partial charge in [0.25, 0.3) is 5.91 Å². The molecule has 1 aromatic carbocycles. The molecule has 1 fully saturated rings. The number of nitrogens with zero attached hydrogens (tertiary/aromatic N) is 3. The van der Waals surface area contributed by atoms with Crippen molar-refractivity contribution in [2.75, 3.05) is 36.0 Å². The molecule has 1 aromatic heterocycles. The van der Waals surface area contributed by atoms with Gasteiger partial charge in [-0.3, -0.25) is 9.59 Å². The van der Waals surface area contributed by atoms with Gasteiger partial charge in [-0.25, -0.2) is 4.98 Å². The fraction of sp³-hybridized carbons (Fsp3) is 0.409. The third-order valence-corrected chi connectivity index (χ3v) is 4.96. The van der Waals surface area contributed by atoms with Gasteiger partial charge in [0.1, 0.15) is 11.6 Å². The summed E-state index contributed by atoms with van der Waals surface area (Å²) < 4.78 is 5.60. The summed E-state index contributed by atoms with van der Waals surface area (Å²) in [4.78, 5) is 32.4. The molecule has 0 bridgehead atoms. The molecule has 0 spiro atoms. The lowest BCUT2D eigenvalue weighted by Gasteiger charge is -2.19. The van der Waals surface area contributed by atoms with Crippen LogP contribution < -0.4 is 19.9 Å². The van der Waals surface area contributed by atoms with E-state index < -0.39 is 0 Å². The van der Waals surface area contributed by atoms with Crippen LogP contribution in [0.2, 0.25) is 0 Å². The van der Waals surface area contributed by atoms with E-state index in [0.29, 0.717) is 18.7 Å². The molecule has 29 heavy (non-hydrogen) atoms. The van der Waals surface area contributed by atoms with E-state index in [1.54, 1.807) is 23.2 Å². The van der Waals surface area contributed by atoms with E-state index in [2.05, 4.69) is 29.0 Å². The van der Waals surface area contributed by atoms with E-state index in [9.17, 15) is 9.59 Å². The summed E-state index contributed by atoms with van der Waals surface area (Å²) in [6.07, 6.45) is 3.24. The number of aromatic nitrogens is 1. The predicted octanol–water partition coefficient (Wildman–Crippen LogP) is 2.75. The maximum atomic E-state index is 12.1. The van der Waals surface area contributed by atoms with Crippen LogP contribution in [0.4, 0.5) is 11.5 Å². The molecule has 1 N–H and O–H groups in total. The Hall–Kier alpha value is -3.09. The minimum Gasteiger partial charge on any atom is -0.484 e. The van der Waals surface area contributed by atoms with Gasteiger partial charge in [0.15, 0.2) is 6.61 Å². The standard InChI is InChI=1S/C22H28N4O3/c1-3-25(4-2)20-11-10-17(14-23-20)15-24-21(27)16-29-19-8-5-7-18(13-19)26-12-6-9-22(26)28/h5,7-8,10-11,13-14H,3-4,6,9,12,15-16H2,1-2H3,(H,24,27). The van der Waals surface area contributed by atoms with Gasteiger partial charge in [-0.1, -0.05) is 12.1 Å². The number of hydrogen-bond acceptors (Lipinski definition) is 5. The highest BCUT2D eigenvalue weighted by atomic mass is 16.5. The van der Waals surface area contributed by atoms with Crippen LogP contribution in [0.25, 0.3) is 0 Å². The molecule has 154 valence electrons. The van der Waals surface area contributed by atoms with Gasteiger partial charge >= 0.3 is 0 Å². The van der Waals surface area contributed by atoms with Crippen LogP contribution in [-0.2, 0) is 16.1 Å². The Bertz CT molecular complexity index is 834. The Balaban J connectivity index is 1.47. The summed E-state index contributed by atoms with van der Waals surface area (Å²) in [7, 11) is 0. The Labute approximate surface area is 171 Å². The highest BCUT2D eigenvalue weighted by Gasteiger charge is 2.21. The first-order chi connectivity index (χ1) is 14.1. The van der Waals surface area contributed by atoms with Crippen molar-refractivity contribution in [2.45, 2.75) is 33.2 Å². The molecule has 7 heteroatoms. The number of rotatable bonds is 9. The topological polar surface area (TPSA) is 74.8 Å². The number of pyridine rings is 1. The molecule has 7 nitrogen and oxygen atoms in total. The fourth-order valence-electron chi connectivity index (χ4n) is 3.32. The molecule has 0 unspecified atom stereocenters. The molecule has 3 rings (SSSR count). The van der Waals surface area contributed by atoms with E-state index in [-0.39, 0.29) is 18.4 Å². The van der Waals surface area contributed by atoms with Gasteiger partial charge in [0.05, 0.1) is 0 Å². The van der Waals surface area contributed by atoms with Crippen molar-refractivity contribution in [1.82, 2.24) is 10.3 Å². The minimum absolute atomic E-state index is 0.0810. The smallest absolute Gasteiger partial charge is 0.258 e. The summed E-state index contributed by atoms with van der Waals surface area (Å²) in [5.41, 5.74) is 1.74. The van der Waals surface area contributed by atoms with E-state index in [4.69, 9.17) is 4.74 Å². The van der Waals surface area contributed by atoms with Gasteiger partial charge in [0, 0.05) is 50.6 Å². The summed E-state index contributed by atoms with van der Waals surface area (Å²) in [6.45, 7) is 7.05. The van der Waals surface area contributed by atoms with Gasteiger partial charge in [-0.15, -0.1) is 0 Å². The highest BCUT2D eigenvalue weighted by molar-refractivity contribution is 5.95. The Morgan fingerprint density at radius 3 is 2.72 bits per heavy atom. The van der Waals surface area contributed by atoms with Gasteiger partial charge in [-0.05, 0) is 44.0 Å². The van der Waals surface area contributed by atoms with Crippen LogP contribution in [-0.4, -0.2) is 43.0 Å². The zero-order valence-corrected chi connectivity index (χ0v) is 17.1. The third kappa shape index (κ3) is 5.47. The average molecular weight is 396 g/mol. The first kappa shape index (κ1) is 20.6. The Morgan fingerprint density at radius 2 is 2.07 bits per heavy atom. The normalized spacial score (nSPS) is 13.4. The van der Waals surface area contributed by atoms with Crippen LogP contribution in [0.3, 0.4) is 0 Å². The quantitative estimate of drug-likeness (QED) is 0.705. The van der Waals surface area contributed by atoms with Crippen molar-refractivity contribution in [2.24, 2.45) is 0 Å². The molecule has 1 aliphatic rings. The molecule has 1 aliphatic heterocycles. The number of anilines is 2. The molecule has 2 heterocycles. The van der Waals surface area contributed by atoms with E-state index in [0.717, 1.165) is 43.1 Å². The van der Waals surface area contributed by atoms with Crippen LogP contribution >= 0.6 is 0 Å². The molecule has 0 atom stereocenters. The predicted molar refractivity (Wildman–Crippen MR) is 113 cm³/mol. The van der Waals surface area contributed by atoms with Crippen LogP contribution in [0.15, 0.2) is 42.6 Å². The lowest BCUT2D eigenvalue weighted by molar-refractivity contribution is -0.123. The number of benzene rings is 1. The van der Waals surface area contributed by atoms with Crippen molar-refractivity contribution >= 4 is 23.3 Å². The lowest BCUT2D eigenvalue weighted by Crippen LogP contribution is -2.28. The molecule has 2 aromatic rings. The minimum atomic E-state index is -0.208. The Kier molecular flexibility index (Phi) is 7.05. The number of nitrogens with one attached hydrogen (secondary N) is 1. The van der Waals surface area contributed by atoms with E-state index in [1.807, 2.05) is 24.3 Å². The first-order valence-electron chi connectivity index (χ1n) is 10.1. The second-order valence-corrected chi connectivity index (χ2v) is 6.91. The summed E-state index contributed by atoms with van der Waals surface area (Å²) in [5, 5.41) is 2.84. The largest absolute Gasteiger partial charge is 0.484 e. The zero-order valence-electron chi connectivity index (χ0n) is 17.1. The Morgan fingerprint density at radius 1 is 1.24 bits per heavy atom. The third-order valence-electron chi connectivity index (χ3n) is 4.96. The molecular weight excluding hydrogens is 368 g/mol. The van der Waals surface area contributed by atoms with Gasteiger partial charge in [0.2, 0.25) is 5.91 Å². The fourth-order valence-corrected chi connectivity index (χ4v) is 3.32. The lowest BCUT2D eigenvalue weighted by atomic mass is 10.2. The SMILES string of the molecule is CCN(CC)c1ccc(CNC(=O)COc2cccc(N3CCCC3=O)c2)cn1. The monoisotopic (exact) mass is 396 g/mol. The summed E-state index contributed by atoms with van der Waals surface area (Å²) in [6, 6.07) is 11.2. The molecule has 2 amide bonds. The van der Waals surface area contributed by atoms with Crippen LogP contribution in [0, 0.1) is 0 Å². The molecule has 1 saturated heterocycles. The second kappa shape index (κ2) is 9.91. The average Bonchev–Trinajstić information content (AvgIpc) is 3.18. The number of carbonyl (C=O) groups excluding carboxylic acids is 2. The van der Waals surface area contributed by atoms with Crippen molar-refractivity contribution < 1.29 is 14.3 Å². The number of hydrogen-bond donors (Lipinski definition) is 1. The zero-order chi connectivity index (χ0) is 20.6. The molecular formula is C22H28N4O3. The molecule has 0 saturated carbocycles. The summed E-state index contributed by atoms with van der Waals surface area (Å²) >= 11 is 0. The maximum absolute atomic E-state index is 12.1. The number of amides is 2. The van der Waals surface area contributed by atoms with Gasteiger partial charge < -0.3 is 19.9 Å². The first-order valence-corrected chi connectivity index (χ1v) is 10.1.